The van der Waals surface area contributed by atoms with Gasteiger partial charge in [-0.15, -0.1) is 10.2 Å². The maximum Gasteiger partial charge on any atom is 0.235 e. The molecule has 4 aromatic rings. The van der Waals surface area contributed by atoms with Gasteiger partial charge in [0.2, 0.25) is 4.96 Å². The Morgan fingerprint density at radius 2 is 1.93 bits per heavy atom. The van der Waals surface area contributed by atoms with Crippen LogP contribution in [-0.2, 0) is 0 Å². The van der Waals surface area contributed by atoms with E-state index in [0.717, 1.165) is 27.0 Å². The van der Waals surface area contributed by atoms with Crippen molar-refractivity contribution in [3.63, 3.8) is 0 Å². The number of hydrogen-bond acceptors (Lipinski definition) is 7. The van der Waals surface area contributed by atoms with E-state index in [9.17, 15) is 0 Å². The van der Waals surface area contributed by atoms with E-state index in [2.05, 4.69) is 15.3 Å². The molecule has 0 N–H and O–H groups in total. The van der Waals surface area contributed by atoms with E-state index in [1.54, 1.807) is 4.52 Å². The zero-order valence-electron chi connectivity index (χ0n) is 14.5. The highest BCUT2D eigenvalue weighted by atomic mass is 32.1. The number of para-hydroxylation sites is 2. The number of fused-ring (bicyclic) bond motifs is 2. The lowest BCUT2D eigenvalue weighted by molar-refractivity contribution is 0.0836. The van der Waals surface area contributed by atoms with Crippen molar-refractivity contribution >= 4 is 16.3 Å². The molecule has 2 aromatic heterocycles. The van der Waals surface area contributed by atoms with Crippen molar-refractivity contribution in [1.82, 2.24) is 19.8 Å². The zero-order valence-corrected chi connectivity index (χ0v) is 15.3. The van der Waals surface area contributed by atoms with Crippen LogP contribution in [0.25, 0.3) is 15.5 Å². The first-order valence-corrected chi connectivity index (χ1v) is 9.47. The minimum absolute atomic E-state index is 0.356. The van der Waals surface area contributed by atoms with Gasteiger partial charge in [-0.05, 0) is 43.3 Å². The first-order valence-electron chi connectivity index (χ1n) is 8.65. The van der Waals surface area contributed by atoms with Gasteiger partial charge in [0.05, 0.1) is 6.61 Å². The molecule has 0 spiro atoms. The van der Waals surface area contributed by atoms with E-state index < -0.39 is 0 Å². The summed E-state index contributed by atoms with van der Waals surface area (Å²) in [5.41, 5.74) is 1.01. The predicted octanol–water partition coefficient (Wildman–Crippen LogP) is 3.76. The topological polar surface area (TPSA) is 70.8 Å². The minimum Gasteiger partial charge on any atom is -0.494 e. The van der Waals surface area contributed by atoms with E-state index in [4.69, 9.17) is 14.2 Å². The molecular weight excluding hydrogens is 364 g/mol. The van der Waals surface area contributed by atoms with E-state index in [-0.39, 0.29) is 6.10 Å². The summed E-state index contributed by atoms with van der Waals surface area (Å²) in [6.45, 7) is 2.98. The van der Waals surface area contributed by atoms with Gasteiger partial charge in [0.15, 0.2) is 23.4 Å². The van der Waals surface area contributed by atoms with E-state index in [1.165, 1.54) is 11.3 Å². The molecule has 0 saturated heterocycles. The number of rotatable bonds is 4. The molecule has 0 amide bonds. The lowest BCUT2D eigenvalue weighted by Gasteiger charge is -2.24. The Balaban J connectivity index is 1.45. The molecule has 2 aromatic carbocycles. The molecule has 0 fully saturated rings. The smallest absolute Gasteiger partial charge is 0.235 e. The van der Waals surface area contributed by atoms with E-state index in [0.29, 0.717) is 24.8 Å². The lowest BCUT2D eigenvalue weighted by atomic mass is 10.2. The molecule has 27 heavy (non-hydrogen) atoms. The van der Waals surface area contributed by atoms with Gasteiger partial charge in [-0.1, -0.05) is 23.5 Å². The van der Waals surface area contributed by atoms with Crippen LogP contribution in [0.1, 0.15) is 18.9 Å². The molecule has 1 aliphatic rings. The third-order valence-electron chi connectivity index (χ3n) is 4.22. The molecule has 1 aliphatic heterocycles. The van der Waals surface area contributed by atoms with Crippen molar-refractivity contribution < 1.29 is 14.2 Å². The van der Waals surface area contributed by atoms with Crippen molar-refractivity contribution in [3.8, 4) is 27.8 Å². The summed E-state index contributed by atoms with van der Waals surface area (Å²) < 4.78 is 19.1. The summed E-state index contributed by atoms with van der Waals surface area (Å²) in [6.07, 6.45) is -0.356. The summed E-state index contributed by atoms with van der Waals surface area (Å²) in [6, 6.07) is 15.5. The van der Waals surface area contributed by atoms with E-state index >= 15 is 0 Å². The molecule has 0 unspecified atom stereocenters. The van der Waals surface area contributed by atoms with Crippen LogP contribution < -0.4 is 14.2 Å². The Morgan fingerprint density at radius 3 is 2.74 bits per heavy atom. The second-order valence-electron chi connectivity index (χ2n) is 5.98. The average Bonchev–Trinajstić information content (AvgIpc) is 3.29. The molecule has 0 saturated carbocycles. The second kappa shape index (κ2) is 6.55. The quantitative estimate of drug-likeness (QED) is 0.537. The van der Waals surface area contributed by atoms with Crippen LogP contribution in [0.4, 0.5) is 0 Å². The summed E-state index contributed by atoms with van der Waals surface area (Å²) in [7, 11) is 0. The van der Waals surface area contributed by atoms with Crippen molar-refractivity contribution in [2.45, 2.75) is 13.0 Å². The highest BCUT2D eigenvalue weighted by Crippen LogP contribution is 2.36. The third-order valence-corrected chi connectivity index (χ3v) is 5.17. The first kappa shape index (κ1) is 16.1. The van der Waals surface area contributed by atoms with Gasteiger partial charge in [-0.25, -0.2) is 0 Å². The van der Waals surface area contributed by atoms with Crippen molar-refractivity contribution in [2.24, 2.45) is 0 Å². The van der Waals surface area contributed by atoms with Crippen LogP contribution in [0.5, 0.6) is 17.2 Å². The number of aromatic nitrogens is 4. The molecule has 7 nitrogen and oxygen atoms in total. The Bertz CT molecular complexity index is 1090. The Morgan fingerprint density at radius 1 is 1.11 bits per heavy atom. The van der Waals surface area contributed by atoms with Crippen LogP contribution in [-0.4, -0.2) is 33.0 Å². The first-order chi connectivity index (χ1) is 13.3. The molecule has 1 atom stereocenters. The molecule has 0 aliphatic carbocycles. The van der Waals surface area contributed by atoms with Gasteiger partial charge in [0, 0.05) is 5.56 Å². The summed E-state index contributed by atoms with van der Waals surface area (Å²) in [5, 5.41) is 14.1. The molecule has 0 radical (unpaired) electrons. The molecule has 3 heterocycles. The van der Waals surface area contributed by atoms with Gasteiger partial charge < -0.3 is 14.2 Å². The monoisotopic (exact) mass is 380 g/mol. The van der Waals surface area contributed by atoms with Crippen molar-refractivity contribution in [2.75, 3.05) is 13.2 Å². The highest BCUT2D eigenvalue weighted by Gasteiger charge is 2.28. The minimum atomic E-state index is -0.356. The normalized spacial score (nSPS) is 15.8. The lowest BCUT2D eigenvalue weighted by Crippen LogP contribution is -2.23. The fourth-order valence-corrected chi connectivity index (χ4v) is 3.81. The van der Waals surface area contributed by atoms with Gasteiger partial charge >= 0.3 is 0 Å². The number of ether oxygens (including phenoxy) is 3. The fraction of sp³-hybridized carbons (Fsp3) is 0.211. The standard InChI is InChI=1S/C19H16N4O3S/c1-2-24-13-9-7-12(8-10-13)18-22-23-17(20-21-19(23)27-18)16-11-25-14-5-3-4-6-15(14)26-16/h3-10,16H,2,11H2,1H3/t16-/m1/s1. The number of nitrogens with zero attached hydrogens (tertiary/aromatic N) is 4. The highest BCUT2D eigenvalue weighted by molar-refractivity contribution is 7.19. The van der Waals surface area contributed by atoms with Crippen molar-refractivity contribution in [3.05, 3.63) is 54.4 Å². The predicted molar refractivity (Wildman–Crippen MR) is 101 cm³/mol. The van der Waals surface area contributed by atoms with Gasteiger partial charge in [-0.3, -0.25) is 0 Å². The van der Waals surface area contributed by atoms with Gasteiger partial charge in [0.25, 0.3) is 0 Å². The molecular formula is C19H16N4O3S. The maximum absolute atomic E-state index is 6.04. The second-order valence-corrected chi connectivity index (χ2v) is 6.94. The van der Waals surface area contributed by atoms with Crippen LogP contribution in [0.3, 0.4) is 0 Å². The maximum atomic E-state index is 6.04. The summed E-state index contributed by atoms with van der Waals surface area (Å²) in [5.74, 6) is 2.92. The Labute approximate surface area is 159 Å². The van der Waals surface area contributed by atoms with E-state index in [1.807, 2.05) is 55.5 Å². The van der Waals surface area contributed by atoms with Crippen LogP contribution >= 0.6 is 11.3 Å². The Hall–Kier alpha value is -3.13. The van der Waals surface area contributed by atoms with Crippen LogP contribution in [0.2, 0.25) is 0 Å². The number of hydrogen-bond donors (Lipinski definition) is 0. The van der Waals surface area contributed by atoms with Crippen LogP contribution in [0, 0.1) is 0 Å². The molecule has 8 heteroatoms. The van der Waals surface area contributed by atoms with Gasteiger partial charge in [0.1, 0.15) is 17.4 Å². The van der Waals surface area contributed by atoms with Gasteiger partial charge in [-0.2, -0.15) is 9.61 Å². The molecule has 5 rings (SSSR count). The number of benzene rings is 2. The summed E-state index contributed by atoms with van der Waals surface area (Å²) in [4.78, 5) is 0.719. The molecule has 0 bridgehead atoms. The average molecular weight is 380 g/mol. The SMILES string of the molecule is CCOc1ccc(-c2nn3c([C@H]4COc5ccccc5O4)nnc3s2)cc1. The largest absolute Gasteiger partial charge is 0.494 e. The fourth-order valence-electron chi connectivity index (χ4n) is 2.96. The van der Waals surface area contributed by atoms with Crippen molar-refractivity contribution in [1.29, 1.82) is 0 Å². The third kappa shape index (κ3) is 2.87. The zero-order chi connectivity index (χ0) is 18.2. The summed E-state index contributed by atoms with van der Waals surface area (Å²) >= 11 is 1.48. The Kier molecular flexibility index (Phi) is 3.90. The van der Waals surface area contributed by atoms with Crippen LogP contribution in [0.15, 0.2) is 48.5 Å². The molecule has 136 valence electrons.